The van der Waals surface area contributed by atoms with Crippen LogP contribution in [-0.4, -0.2) is 10.8 Å². The standard InChI is InChI=1S/C21H19N3O3/c22-21(25)17-10-11-18(20(13-17)24(26)27)14-23-19-9-5-4-8-16(19)12-15-6-2-1-3-7-15/h1-11,13,23H,12,14H2,(H2,22,25). The summed E-state index contributed by atoms with van der Waals surface area (Å²) < 4.78 is 0. The number of hydrogen-bond donors (Lipinski definition) is 2. The van der Waals surface area contributed by atoms with Crippen molar-refractivity contribution in [1.82, 2.24) is 0 Å². The SMILES string of the molecule is NC(=O)c1ccc(CNc2ccccc2Cc2ccccc2)c([N+](=O)[O-])c1. The first-order valence-electron chi connectivity index (χ1n) is 8.47. The number of primary amides is 1. The maximum atomic E-state index is 11.3. The van der Waals surface area contributed by atoms with Crippen molar-refractivity contribution < 1.29 is 9.72 Å². The van der Waals surface area contributed by atoms with Gasteiger partial charge in [-0.2, -0.15) is 0 Å². The predicted octanol–water partition coefficient (Wildman–Crippen LogP) is 3.90. The molecule has 0 heterocycles. The molecular weight excluding hydrogens is 342 g/mol. The minimum absolute atomic E-state index is 0.120. The predicted molar refractivity (Wildman–Crippen MR) is 105 cm³/mol. The van der Waals surface area contributed by atoms with E-state index in [0.717, 1.165) is 17.7 Å². The average molecular weight is 361 g/mol. The van der Waals surface area contributed by atoms with Gasteiger partial charge in [0.05, 0.1) is 4.92 Å². The van der Waals surface area contributed by atoms with E-state index in [1.807, 2.05) is 42.5 Å². The van der Waals surface area contributed by atoms with Crippen molar-refractivity contribution >= 4 is 17.3 Å². The number of nitro groups is 1. The molecule has 0 fully saturated rings. The first-order chi connectivity index (χ1) is 13.0. The molecule has 0 radical (unpaired) electrons. The number of hydrogen-bond acceptors (Lipinski definition) is 4. The number of rotatable bonds is 7. The molecule has 6 nitrogen and oxygen atoms in total. The fourth-order valence-electron chi connectivity index (χ4n) is 2.89. The van der Waals surface area contributed by atoms with E-state index >= 15 is 0 Å². The second-order valence-electron chi connectivity index (χ2n) is 6.14. The number of nitrogens with one attached hydrogen (secondary N) is 1. The van der Waals surface area contributed by atoms with Crippen molar-refractivity contribution in [3.8, 4) is 0 Å². The highest BCUT2D eigenvalue weighted by atomic mass is 16.6. The van der Waals surface area contributed by atoms with Gasteiger partial charge in [-0.05, 0) is 35.7 Å². The number of nitrogens with two attached hydrogens (primary N) is 1. The third-order valence-corrected chi connectivity index (χ3v) is 4.29. The number of nitro benzene ring substituents is 1. The van der Waals surface area contributed by atoms with E-state index in [4.69, 9.17) is 5.73 Å². The molecule has 0 unspecified atom stereocenters. The minimum Gasteiger partial charge on any atom is -0.380 e. The summed E-state index contributed by atoms with van der Waals surface area (Å²) in [4.78, 5) is 22.1. The van der Waals surface area contributed by atoms with Crippen LogP contribution in [0.4, 0.5) is 11.4 Å². The minimum atomic E-state index is -0.689. The zero-order chi connectivity index (χ0) is 19.2. The molecule has 0 aromatic heterocycles. The Labute approximate surface area is 156 Å². The molecule has 136 valence electrons. The molecule has 3 rings (SSSR count). The lowest BCUT2D eigenvalue weighted by atomic mass is 10.0. The summed E-state index contributed by atoms with van der Waals surface area (Å²) in [7, 11) is 0. The number of carbonyl (C=O) groups excluding carboxylic acids is 1. The molecule has 0 saturated carbocycles. The second-order valence-corrected chi connectivity index (χ2v) is 6.14. The highest BCUT2D eigenvalue weighted by Gasteiger charge is 2.16. The molecule has 0 saturated heterocycles. The Morgan fingerprint density at radius 2 is 1.67 bits per heavy atom. The van der Waals surface area contributed by atoms with Gasteiger partial charge in [0.25, 0.3) is 5.69 Å². The Balaban J connectivity index is 1.81. The summed E-state index contributed by atoms with van der Waals surface area (Å²) in [6.45, 7) is 0.265. The van der Waals surface area contributed by atoms with E-state index in [0.29, 0.717) is 5.56 Å². The molecule has 0 aliphatic rings. The molecular formula is C21H19N3O3. The largest absolute Gasteiger partial charge is 0.380 e. The lowest BCUT2D eigenvalue weighted by Gasteiger charge is -2.13. The zero-order valence-electron chi connectivity index (χ0n) is 14.6. The van der Waals surface area contributed by atoms with Gasteiger partial charge < -0.3 is 11.1 Å². The van der Waals surface area contributed by atoms with Crippen LogP contribution in [0.15, 0.2) is 72.8 Å². The summed E-state index contributed by atoms with van der Waals surface area (Å²) in [5.74, 6) is -0.689. The van der Waals surface area contributed by atoms with Crippen molar-refractivity contribution in [3.05, 3.63) is 105 Å². The van der Waals surface area contributed by atoms with E-state index in [2.05, 4.69) is 17.4 Å². The van der Waals surface area contributed by atoms with Crippen molar-refractivity contribution in [1.29, 1.82) is 0 Å². The maximum absolute atomic E-state index is 11.3. The van der Waals surface area contributed by atoms with Gasteiger partial charge in [0.1, 0.15) is 0 Å². The normalized spacial score (nSPS) is 10.4. The van der Waals surface area contributed by atoms with E-state index in [1.54, 1.807) is 6.07 Å². The van der Waals surface area contributed by atoms with Gasteiger partial charge in [0.2, 0.25) is 5.91 Å². The smallest absolute Gasteiger partial charge is 0.275 e. The lowest BCUT2D eigenvalue weighted by Crippen LogP contribution is -2.12. The van der Waals surface area contributed by atoms with Gasteiger partial charge in [0, 0.05) is 29.4 Å². The zero-order valence-corrected chi connectivity index (χ0v) is 14.6. The van der Waals surface area contributed by atoms with Gasteiger partial charge in [0.15, 0.2) is 0 Å². The van der Waals surface area contributed by atoms with Crippen LogP contribution in [0.5, 0.6) is 0 Å². The van der Waals surface area contributed by atoms with Crippen molar-refractivity contribution in [2.45, 2.75) is 13.0 Å². The first-order valence-corrected chi connectivity index (χ1v) is 8.47. The molecule has 0 aliphatic carbocycles. The Morgan fingerprint density at radius 1 is 0.963 bits per heavy atom. The topological polar surface area (TPSA) is 98.3 Å². The van der Waals surface area contributed by atoms with Gasteiger partial charge in [-0.15, -0.1) is 0 Å². The third kappa shape index (κ3) is 4.49. The fraction of sp³-hybridized carbons (Fsp3) is 0.0952. The van der Waals surface area contributed by atoms with Crippen LogP contribution in [0, 0.1) is 10.1 Å². The summed E-state index contributed by atoms with van der Waals surface area (Å²) in [6, 6.07) is 22.2. The molecule has 3 aromatic rings. The fourth-order valence-corrected chi connectivity index (χ4v) is 2.89. The number of benzene rings is 3. The Hall–Kier alpha value is -3.67. The van der Waals surface area contributed by atoms with E-state index < -0.39 is 10.8 Å². The van der Waals surface area contributed by atoms with Crippen molar-refractivity contribution in [2.24, 2.45) is 5.73 Å². The first kappa shape index (κ1) is 18.1. The number of anilines is 1. The summed E-state index contributed by atoms with van der Waals surface area (Å²) in [5, 5.41) is 14.6. The summed E-state index contributed by atoms with van der Waals surface area (Å²) >= 11 is 0. The molecule has 0 aliphatic heterocycles. The van der Waals surface area contributed by atoms with Crippen LogP contribution in [0.25, 0.3) is 0 Å². The monoisotopic (exact) mass is 361 g/mol. The molecule has 27 heavy (non-hydrogen) atoms. The number of para-hydroxylation sites is 1. The van der Waals surface area contributed by atoms with E-state index in [9.17, 15) is 14.9 Å². The van der Waals surface area contributed by atoms with E-state index in [-0.39, 0.29) is 17.8 Å². The number of nitrogens with zero attached hydrogens (tertiary/aromatic N) is 1. The van der Waals surface area contributed by atoms with Crippen LogP contribution in [0.1, 0.15) is 27.0 Å². The van der Waals surface area contributed by atoms with Crippen molar-refractivity contribution in [3.63, 3.8) is 0 Å². The molecule has 6 heteroatoms. The van der Waals surface area contributed by atoms with Crippen LogP contribution in [-0.2, 0) is 13.0 Å². The highest BCUT2D eigenvalue weighted by molar-refractivity contribution is 5.93. The molecule has 3 N–H and O–H groups in total. The summed E-state index contributed by atoms with van der Waals surface area (Å²) in [6.07, 6.45) is 0.757. The van der Waals surface area contributed by atoms with Crippen molar-refractivity contribution in [2.75, 3.05) is 5.32 Å². The second kappa shape index (κ2) is 8.14. The van der Waals surface area contributed by atoms with Crippen LogP contribution in [0.3, 0.4) is 0 Å². The van der Waals surface area contributed by atoms with Crippen LogP contribution in [0.2, 0.25) is 0 Å². The third-order valence-electron chi connectivity index (χ3n) is 4.29. The average Bonchev–Trinajstić information content (AvgIpc) is 2.68. The van der Waals surface area contributed by atoms with Gasteiger partial charge in [-0.25, -0.2) is 0 Å². The van der Waals surface area contributed by atoms with Gasteiger partial charge in [-0.1, -0.05) is 48.5 Å². The van der Waals surface area contributed by atoms with Crippen LogP contribution >= 0.6 is 0 Å². The quantitative estimate of drug-likeness (QED) is 0.492. The Bertz CT molecular complexity index is 971. The van der Waals surface area contributed by atoms with Crippen LogP contribution < -0.4 is 11.1 Å². The maximum Gasteiger partial charge on any atom is 0.275 e. The molecule has 3 aromatic carbocycles. The molecule has 0 bridgehead atoms. The molecule has 0 atom stereocenters. The lowest BCUT2D eigenvalue weighted by molar-refractivity contribution is -0.385. The molecule has 0 spiro atoms. The number of amides is 1. The van der Waals surface area contributed by atoms with Gasteiger partial charge in [-0.3, -0.25) is 14.9 Å². The number of carbonyl (C=O) groups is 1. The Kier molecular flexibility index (Phi) is 5.47. The molecule has 1 amide bonds. The Morgan fingerprint density at radius 3 is 2.37 bits per heavy atom. The highest BCUT2D eigenvalue weighted by Crippen LogP contribution is 2.24. The summed E-state index contributed by atoms with van der Waals surface area (Å²) in [5.41, 5.74) is 8.89. The van der Waals surface area contributed by atoms with Gasteiger partial charge >= 0.3 is 0 Å². The van der Waals surface area contributed by atoms with E-state index in [1.165, 1.54) is 17.7 Å².